The van der Waals surface area contributed by atoms with Crippen LogP contribution in [0.1, 0.15) is 39.5 Å². The zero-order valence-electron chi connectivity index (χ0n) is 12.9. The van der Waals surface area contributed by atoms with Gasteiger partial charge in [-0.2, -0.15) is 0 Å². The van der Waals surface area contributed by atoms with Crippen LogP contribution in [0.15, 0.2) is 4.99 Å². The molecule has 2 rings (SSSR count). The molecule has 0 aromatic rings. The van der Waals surface area contributed by atoms with Crippen LogP contribution in [0.25, 0.3) is 0 Å². The number of nitrogens with one attached hydrogen (secondary N) is 1. The predicted octanol–water partition coefficient (Wildman–Crippen LogP) is 1.78. The Morgan fingerprint density at radius 3 is 2.42 bits per heavy atom. The average molecular weight is 266 g/mol. The van der Waals surface area contributed by atoms with E-state index in [1.165, 1.54) is 38.8 Å². The van der Waals surface area contributed by atoms with Gasteiger partial charge in [0.15, 0.2) is 5.96 Å². The van der Waals surface area contributed by atoms with Crippen LogP contribution in [0.3, 0.4) is 0 Å². The molecular formula is C15H30N4. The molecule has 4 heteroatoms. The quantitative estimate of drug-likeness (QED) is 0.624. The van der Waals surface area contributed by atoms with Crippen molar-refractivity contribution < 1.29 is 0 Å². The molecule has 2 fully saturated rings. The average Bonchev–Trinajstić information content (AvgIpc) is 2.94. The van der Waals surface area contributed by atoms with Crippen LogP contribution >= 0.6 is 0 Å². The smallest absolute Gasteiger partial charge is 0.193 e. The van der Waals surface area contributed by atoms with Crippen LogP contribution in [0.4, 0.5) is 0 Å². The first-order valence-electron chi connectivity index (χ1n) is 7.90. The molecule has 2 saturated heterocycles. The summed E-state index contributed by atoms with van der Waals surface area (Å²) in [4.78, 5) is 9.41. The Morgan fingerprint density at radius 2 is 1.84 bits per heavy atom. The first kappa shape index (κ1) is 14.6. The van der Waals surface area contributed by atoms with Gasteiger partial charge in [-0.1, -0.05) is 6.92 Å². The first-order valence-corrected chi connectivity index (χ1v) is 7.90. The minimum absolute atomic E-state index is 0.604. The fourth-order valence-electron chi connectivity index (χ4n) is 3.10. The Balaban J connectivity index is 1.74. The molecule has 2 aliphatic rings. The Morgan fingerprint density at radius 1 is 1.21 bits per heavy atom. The third kappa shape index (κ3) is 4.10. The molecule has 19 heavy (non-hydrogen) atoms. The van der Waals surface area contributed by atoms with E-state index in [2.05, 4.69) is 34.0 Å². The van der Waals surface area contributed by atoms with E-state index in [1.807, 2.05) is 7.05 Å². The molecule has 1 unspecified atom stereocenters. The molecular weight excluding hydrogens is 236 g/mol. The van der Waals surface area contributed by atoms with E-state index in [-0.39, 0.29) is 0 Å². The minimum atomic E-state index is 0.604. The van der Waals surface area contributed by atoms with Gasteiger partial charge in [-0.3, -0.25) is 9.89 Å². The normalized spacial score (nSPS) is 24.8. The van der Waals surface area contributed by atoms with Crippen LogP contribution in [-0.2, 0) is 0 Å². The van der Waals surface area contributed by atoms with E-state index in [0.717, 1.165) is 31.5 Å². The van der Waals surface area contributed by atoms with Gasteiger partial charge in [0.1, 0.15) is 0 Å². The number of nitrogens with zero attached hydrogens (tertiary/aromatic N) is 3. The molecule has 110 valence electrons. The van der Waals surface area contributed by atoms with Gasteiger partial charge < -0.3 is 10.2 Å². The first-order chi connectivity index (χ1) is 9.20. The van der Waals surface area contributed by atoms with Gasteiger partial charge in [0.2, 0.25) is 0 Å². The van der Waals surface area contributed by atoms with Crippen molar-refractivity contribution >= 4 is 5.96 Å². The molecule has 1 N–H and O–H groups in total. The molecule has 0 spiro atoms. The summed E-state index contributed by atoms with van der Waals surface area (Å²) in [6.45, 7) is 10.6. The molecule has 0 amide bonds. The number of aliphatic imine (C=N–C) groups is 1. The van der Waals surface area contributed by atoms with Crippen molar-refractivity contribution in [2.24, 2.45) is 10.9 Å². The summed E-state index contributed by atoms with van der Waals surface area (Å²) >= 11 is 0. The summed E-state index contributed by atoms with van der Waals surface area (Å²) in [5, 5.41) is 3.55. The van der Waals surface area contributed by atoms with Crippen molar-refractivity contribution in [3.05, 3.63) is 0 Å². The molecule has 2 aliphatic heterocycles. The van der Waals surface area contributed by atoms with Crippen molar-refractivity contribution in [3.8, 4) is 0 Å². The third-order valence-corrected chi connectivity index (χ3v) is 4.61. The van der Waals surface area contributed by atoms with Gasteiger partial charge >= 0.3 is 0 Å². The van der Waals surface area contributed by atoms with Crippen molar-refractivity contribution in [1.82, 2.24) is 15.1 Å². The van der Waals surface area contributed by atoms with E-state index in [0.29, 0.717) is 6.04 Å². The number of piperidine rings is 1. The Kier molecular flexibility index (Phi) is 5.49. The zero-order valence-corrected chi connectivity index (χ0v) is 12.9. The van der Waals surface area contributed by atoms with Crippen LogP contribution in [0, 0.1) is 5.92 Å². The molecule has 2 heterocycles. The lowest BCUT2D eigenvalue weighted by Crippen LogP contribution is -2.48. The van der Waals surface area contributed by atoms with Gasteiger partial charge in [-0.05, 0) is 51.6 Å². The Hall–Kier alpha value is -0.770. The standard InChI is InChI=1S/C15H30N4/c1-13-6-10-18(11-7-13)14(2)12-17-15(16-3)19-8-4-5-9-19/h13-14H,4-12H2,1-3H3,(H,16,17). The van der Waals surface area contributed by atoms with Crippen LogP contribution < -0.4 is 5.32 Å². The van der Waals surface area contributed by atoms with Crippen molar-refractivity contribution in [2.45, 2.75) is 45.6 Å². The van der Waals surface area contributed by atoms with Gasteiger partial charge in [0, 0.05) is 32.7 Å². The molecule has 1 atom stereocenters. The van der Waals surface area contributed by atoms with E-state index in [9.17, 15) is 0 Å². The van der Waals surface area contributed by atoms with Crippen molar-refractivity contribution in [3.63, 3.8) is 0 Å². The minimum Gasteiger partial charge on any atom is -0.355 e. The highest BCUT2D eigenvalue weighted by molar-refractivity contribution is 5.80. The highest BCUT2D eigenvalue weighted by Crippen LogP contribution is 2.17. The second-order valence-electron chi connectivity index (χ2n) is 6.19. The summed E-state index contributed by atoms with van der Waals surface area (Å²) in [7, 11) is 1.90. The largest absolute Gasteiger partial charge is 0.355 e. The summed E-state index contributed by atoms with van der Waals surface area (Å²) in [6, 6.07) is 0.604. The van der Waals surface area contributed by atoms with Gasteiger partial charge in [-0.25, -0.2) is 0 Å². The summed E-state index contributed by atoms with van der Waals surface area (Å²) in [5.41, 5.74) is 0. The Labute approximate surface area is 118 Å². The van der Waals surface area contributed by atoms with Crippen molar-refractivity contribution in [2.75, 3.05) is 39.8 Å². The Bertz CT molecular complexity index is 289. The zero-order chi connectivity index (χ0) is 13.7. The lowest BCUT2D eigenvalue weighted by atomic mass is 9.98. The van der Waals surface area contributed by atoms with Crippen molar-refractivity contribution in [1.29, 1.82) is 0 Å². The molecule has 0 bridgehead atoms. The predicted molar refractivity (Wildman–Crippen MR) is 81.6 cm³/mol. The lowest BCUT2D eigenvalue weighted by Gasteiger charge is -2.35. The fraction of sp³-hybridized carbons (Fsp3) is 0.933. The maximum atomic E-state index is 4.41. The van der Waals surface area contributed by atoms with Gasteiger partial charge in [0.25, 0.3) is 0 Å². The molecule has 4 nitrogen and oxygen atoms in total. The molecule has 0 aliphatic carbocycles. The fourth-order valence-corrected chi connectivity index (χ4v) is 3.10. The van der Waals surface area contributed by atoms with Crippen LogP contribution in [0.2, 0.25) is 0 Å². The number of likely N-dealkylation sites (tertiary alicyclic amines) is 2. The highest BCUT2D eigenvalue weighted by atomic mass is 15.3. The summed E-state index contributed by atoms with van der Waals surface area (Å²) < 4.78 is 0. The SMILES string of the molecule is CN=C(NCC(C)N1CCC(C)CC1)N1CCCC1. The summed E-state index contributed by atoms with van der Waals surface area (Å²) in [6.07, 6.45) is 5.32. The second kappa shape index (κ2) is 7.13. The lowest BCUT2D eigenvalue weighted by molar-refractivity contribution is 0.147. The van der Waals surface area contributed by atoms with Crippen LogP contribution in [-0.4, -0.2) is 61.6 Å². The molecule has 0 radical (unpaired) electrons. The maximum Gasteiger partial charge on any atom is 0.193 e. The summed E-state index contributed by atoms with van der Waals surface area (Å²) in [5.74, 6) is 2.00. The monoisotopic (exact) mass is 266 g/mol. The topological polar surface area (TPSA) is 30.9 Å². The second-order valence-corrected chi connectivity index (χ2v) is 6.19. The molecule has 0 aromatic carbocycles. The van der Waals surface area contributed by atoms with E-state index in [4.69, 9.17) is 0 Å². The van der Waals surface area contributed by atoms with E-state index in [1.54, 1.807) is 0 Å². The van der Waals surface area contributed by atoms with Crippen LogP contribution in [0.5, 0.6) is 0 Å². The number of hydrogen-bond acceptors (Lipinski definition) is 2. The number of hydrogen-bond donors (Lipinski definition) is 1. The molecule has 0 saturated carbocycles. The maximum absolute atomic E-state index is 4.41. The third-order valence-electron chi connectivity index (χ3n) is 4.61. The van der Waals surface area contributed by atoms with E-state index >= 15 is 0 Å². The van der Waals surface area contributed by atoms with Gasteiger partial charge in [-0.15, -0.1) is 0 Å². The highest BCUT2D eigenvalue weighted by Gasteiger charge is 2.21. The van der Waals surface area contributed by atoms with Gasteiger partial charge in [0.05, 0.1) is 0 Å². The molecule has 0 aromatic heterocycles. The number of guanidine groups is 1. The number of rotatable bonds is 3. The van der Waals surface area contributed by atoms with E-state index < -0.39 is 0 Å².